The van der Waals surface area contributed by atoms with Crippen molar-refractivity contribution in [3.05, 3.63) is 151 Å². The lowest BCUT2D eigenvalue weighted by Crippen LogP contribution is -2.69. The van der Waals surface area contributed by atoms with Crippen molar-refractivity contribution in [1.29, 1.82) is 0 Å². The summed E-state index contributed by atoms with van der Waals surface area (Å²) in [4.78, 5) is 61.1. The first-order valence-electron chi connectivity index (χ1n) is 17.4. The van der Waals surface area contributed by atoms with E-state index in [1.807, 2.05) is 118 Å². The minimum Gasteiger partial charge on any atom is -0.477 e. The zero-order chi connectivity index (χ0) is 37.8. The molecule has 1 aliphatic heterocycles. The number of β-lactam (4-membered cyclic amide) rings is 1. The van der Waals surface area contributed by atoms with E-state index < -0.39 is 45.1 Å². The number of carboxylic acid groups (broad SMARTS) is 1. The molecule has 270 valence electrons. The quantitative estimate of drug-likeness (QED) is 0.0639. The van der Waals surface area contributed by atoms with Crippen molar-refractivity contribution in [3.8, 4) is 0 Å². The van der Waals surface area contributed by atoms with Gasteiger partial charge >= 0.3 is 5.97 Å². The summed E-state index contributed by atoms with van der Waals surface area (Å²) in [6, 6.07) is 37.5. The molecule has 11 heteroatoms. The number of aromatic nitrogens is 1. The summed E-state index contributed by atoms with van der Waals surface area (Å²) in [6.07, 6.45) is 2.30. The summed E-state index contributed by atoms with van der Waals surface area (Å²) in [5, 5.41) is 16.5. The smallest absolute Gasteiger partial charge is 0.353 e. The van der Waals surface area contributed by atoms with Crippen molar-refractivity contribution in [3.63, 3.8) is 0 Å². The van der Waals surface area contributed by atoms with E-state index in [2.05, 4.69) is 10.3 Å². The predicted octanol–water partition coefficient (Wildman–Crippen LogP) is 6.18. The highest BCUT2D eigenvalue weighted by Gasteiger charge is 2.56. The average Bonchev–Trinajstić information content (AvgIpc) is 3.15. The number of nitrogens with one attached hydrogen (secondary N) is 1. The van der Waals surface area contributed by atoms with Crippen LogP contribution in [-0.4, -0.2) is 64.4 Å². The van der Waals surface area contributed by atoms with Gasteiger partial charge < -0.3 is 19.7 Å². The highest BCUT2D eigenvalue weighted by Crippen LogP contribution is 2.50. The molecule has 4 aromatic carbocycles. The number of aliphatic carboxylic acids is 1. The number of anilines is 1. The van der Waals surface area contributed by atoms with Crippen LogP contribution in [0.25, 0.3) is 0 Å². The van der Waals surface area contributed by atoms with Gasteiger partial charge in [0.05, 0.1) is 23.6 Å². The van der Waals surface area contributed by atoms with Crippen LogP contribution in [0.3, 0.4) is 0 Å². The molecular weight excluding hydrogens is 702 g/mol. The van der Waals surface area contributed by atoms with Crippen molar-refractivity contribution < 1.29 is 28.7 Å². The zero-order valence-corrected chi connectivity index (χ0v) is 31.9. The Labute approximate surface area is 310 Å². The van der Waals surface area contributed by atoms with E-state index in [1.165, 1.54) is 11.1 Å². The van der Waals surface area contributed by atoms with E-state index >= 15 is 0 Å². The average molecular weight is 744 g/mol. The first-order valence-corrected chi connectivity index (χ1v) is 22.6. The van der Waals surface area contributed by atoms with Gasteiger partial charge in [-0.2, -0.15) is 0 Å². The van der Waals surface area contributed by atoms with Crippen molar-refractivity contribution in [1.82, 2.24) is 9.88 Å². The fraction of sp³-hybridized carbons (Fsp3) is 0.190. The Morgan fingerprint density at radius 1 is 0.811 bits per heavy atom. The van der Waals surface area contributed by atoms with Crippen molar-refractivity contribution in [2.24, 2.45) is 5.92 Å². The summed E-state index contributed by atoms with van der Waals surface area (Å²) in [5.41, 5.74) is 1.04. The molecule has 0 unspecified atom stereocenters. The van der Waals surface area contributed by atoms with Crippen LogP contribution in [0, 0.1) is 5.92 Å². The third kappa shape index (κ3) is 7.71. The zero-order valence-electron chi connectivity index (χ0n) is 30.0. The van der Waals surface area contributed by atoms with Crippen LogP contribution >= 0.6 is 6.89 Å². The fourth-order valence-electron chi connectivity index (χ4n) is 7.15. The molecule has 1 aliphatic rings. The largest absolute Gasteiger partial charge is 0.477 e. The molecular formula is C42H42N3O6PSi. The lowest BCUT2D eigenvalue weighted by Gasteiger charge is -2.51. The number of carboxylic acids is 1. The molecule has 2 N–H and O–H groups in total. The summed E-state index contributed by atoms with van der Waals surface area (Å²) in [6.45, 7) is 4.66. The SMILES string of the molecule is C[C@@H](O[Si](C)(C)C)[C@H]1C(=O)N(C(C(=O)O)=P(c2ccccc2)(c2ccccc2)c2ccccc2)[C@@H]1CC(=O)c1cccc(NC(=O)c2cccnc2)c1. The summed E-state index contributed by atoms with van der Waals surface area (Å²) >= 11 is 0. The van der Waals surface area contributed by atoms with Gasteiger partial charge in [0.15, 0.2) is 14.1 Å². The number of amides is 2. The van der Waals surface area contributed by atoms with Crippen molar-refractivity contribution in [2.45, 2.75) is 45.1 Å². The fourth-order valence-corrected chi connectivity index (χ4v) is 12.8. The number of hydrogen-bond acceptors (Lipinski definition) is 6. The van der Waals surface area contributed by atoms with Gasteiger partial charge in [-0.25, -0.2) is 4.79 Å². The lowest BCUT2D eigenvalue weighted by molar-refractivity contribution is -0.155. The molecule has 0 radical (unpaired) electrons. The number of nitrogens with zero attached hydrogens (tertiary/aromatic N) is 2. The maximum atomic E-state index is 14.6. The number of carbonyl (C=O) groups is 4. The number of likely N-dealkylation sites (tertiary alicyclic amines) is 1. The Kier molecular flexibility index (Phi) is 11.0. The second-order valence-electron chi connectivity index (χ2n) is 13.9. The Balaban J connectivity index is 1.51. The molecule has 2 amide bonds. The van der Waals surface area contributed by atoms with Crippen LogP contribution in [0.15, 0.2) is 140 Å². The number of hydrogen-bond donors (Lipinski definition) is 2. The maximum Gasteiger partial charge on any atom is 0.353 e. The van der Waals surface area contributed by atoms with Gasteiger partial charge in [0, 0.05) is 37.0 Å². The van der Waals surface area contributed by atoms with E-state index in [0.717, 1.165) is 15.9 Å². The Hall–Kier alpha value is -5.41. The first kappa shape index (κ1) is 37.3. The molecule has 9 nitrogen and oxygen atoms in total. The Bertz CT molecular complexity index is 2070. The lowest BCUT2D eigenvalue weighted by atomic mass is 9.79. The molecule has 1 fully saturated rings. The number of pyridine rings is 1. The topological polar surface area (TPSA) is 126 Å². The van der Waals surface area contributed by atoms with Gasteiger partial charge in [0.1, 0.15) is 5.42 Å². The van der Waals surface area contributed by atoms with Crippen LogP contribution in [0.5, 0.6) is 0 Å². The molecule has 2 heterocycles. The highest BCUT2D eigenvalue weighted by molar-refractivity contribution is 7.96. The standard InChI is InChI=1S/C42H42N3O6PSi/c1-29(51-53(2,3)4)38-36(27-37(46)30-16-14-18-32(26-30)44-39(47)31-17-15-25-43-28-31)45(40(38)48)41(42(49)50)52(33-19-8-5-9-20-33,34-21-10-6-11-22-34)35-23-12-7-13-24-35/h5-26,28-29,36,38H,27H2,1-4H3,(H,44,47)(H,49,50)/t29-,36-,38-/m1/s1. The second kappa shape index (κ2) is 15.7. The molecule has 5 aromatic rings. The van der Waals surface area contributed by atoms with E-state index in [4.69, 9.17) is 4.43 Å². The summed E-state index contributed by atoms with van der Waals surface area (Å²) in [5.74, 6) is -3.08. The van der Waals surface area contributed by atoms with Crippen LogP contribution < -0.4 is 21.2 Å². The number of benzene rings is 4. The molecule has 0 aliphatic carbocycles. The normalized spacial score (nSPS) is 16.3. The molecule has 6 rings (SSSR count). The van der Waals surface area contributed by atoms with Crippen LogP contribution in [0.4, 0.5) is 5.69 Å². The molecule has 53 heavy (non-hydrogen) atoms. The minimum atomic E-state index is -3.26. The Morgan fingerprint density at radius 3 is 1.85 bits per heavy atom. The van der Waals surface area contributed by atoms with Crippen LogP contribution in [-0.2, 0) is 14.0 Å². The van der Waals surface area contributed by atoms with Gasteiger partial charge in [0.25, 0.3) is 5.91 Å². The predicted molar refractivity (Wildman–Crippen MR) is 213 cm³/mol. The molecule has 3 atom stereocenters. The van der Waals surface area contributed by atoms with Crippen molar-refractivity contribution >= 4 is 65.8 Å². The summed E-state index contributed by atoms with van der Waals surface area (Å²) in [7, 11) is -2.16. The molecule has 0 spiro atoms. The monoisotopic (exact) mass is 743 g/mol. The second-order valence-corrected chi connectivity index (χ2v) is 21.7. The van der Waals surface area contributed by atoms with E-state index in [9.17, 15) is 24.3 Å². The molecule has 0 bridgehead atoms. The number of Topliss-reactive ketones (excluding diaryl/α,β-unsaturated/α-hetero) is 1. The molecule has 1 saturated heterocycles. The van der Waals surface area contributed by atoms with Gasteiger partial charge in [-0.3, -0.25) is 19.4 Å². The van der Waals surface area contributed by atoms with Gasteiger partial charge in [0.2, 0.25) is 5.91 Å². The number of ketones is 1. The molecule has 1 aromatic heterocycles. The minimum absolute atomic E-state index is 0.0576. The number of carbonyl (C=O) groups excluding carboxylic acids is 3. The first-order chi connectivity index (χ1) is 25.4. The Morgan fingerprint density at radius 2 is 1.36 bits per heavy atom. The number of rotatable bonds is 13. The van der Waals surface area contributed by atoms with Gasteiger partial charge in [-0.15, -0.1) is 0 Å². The molecule has 0 saturated carbocycles. The van der Waals surface area contributed by atoms with Gasteiger partial charge in [-0.05, 0) is 66.7 Å². The van der Waals surface area contributed by atoms with E-state index in [-0.39, 0.29) is 23.5 Å². The van der Waals surface area contributed by atoms with Crippen LogP contribution in [0.1, 0.15) is 34.1 Å². The summed E-state index contributed by atoms with van der Waals surface area (Å²) < 4.78 is 6.44. The third-order valence-corrected chi connectivity index (χ3v) is 14.6. The maximum absolute atomic E-state index is 14.6. The van der Waals surface area contributed by atoms with Gasteiger partial charge in [-0.1, -0.05) is 103 Å². The van der Waals surface area contributed by atoms with Crippen molar-refractivity contribution in [2.75, 3.05) is 5.32 Å². The van der Waals surface area contributed by atoms with E-state index in [0.29, 0.717) is 16.8 Å². The van der Waals surface area contributed by atoms with E-state index in [1.54, 1.807) is 42.6 Å². The third-order valence-electron chi connectivity index (χ3n) is 9.24. The highest BCUT2D eigenvalue weighted by atomic mass is 31.2. The van der Waals surface area contributed by atoms with Crippen LogP contribution in [0.2, 0.25) is 19.6 Å².